The maximum Gasteiger partial charge on any atom is 0.280 e. The number of nitrogens with zero attached hydrogens (tertiary/aromatic N) is 3. The molecule has 0 fully saturated rings. The van der Waals surface area contributed by atoms with Crippen molar-refractivity contribution in [1.29, 1.82) is 0 Å². The number of benzene rings is 1. The van der Waals surface area contributed by atoms with Crippen LogP contribution in [0.15, 0.2) is 46.4 Å². The Balaban J connectivity index is 2.19. The van der Waals surface area contributed by atoms with Gasteiger partial charge in [-0.2, -0.15) is 0 Å². The van der Waals surface area contributed by atoms with Crippen LogP contribution in [0, 0.1) is 6.92 Å². The molecule has 152 valence electrons. The summed E-state index contributed by atoms with van der Waals surface area (Å²) >= 11 is 7.28. The summed E-state index contributed by atoms with van der Waals surface area (Å²) in [4.78, 5) is 28.1. The van der Waals surface area contributed by atoms with Crippen molar-refractivity contribution in [3.8, 4) is 0 Å². The van der Waals surface area contributed by atoms with Gasteiger partial charge in [-0.25, -0.2) is 0 Å². The summed E-state index contributed by atoms with van der Waals surface area (Å²) in [6.07, 6.45) is 1.46. The van der Waals surface area contributed by atoms with Crippen LogP contribution in [0.2, 0.25) is 5.02 Å². The van der Waals surface area contributed by atoms with Crippen LogP contribution in [-0.2, 0) is 4.79 Å². The Morgan fingerprint density at radius 2 is 2.03 bits per heavy atom. The molecule has 0 saturated carbocycles. The zero-order valence-corrected chi connectivity index (χ0v) is 18.0. The normalized spacial score (nSPS) is 12.4. The van der Waals surface area contributed by atoms with Gasteiger partial charge in [0, 0.05) is 21.6 Å². The van der Waals surface area contributed by atoms with Gasteiger partial charge in [-0.05, 0) is 69.1 Å². The van der Waals surface area contributed by atoms with Crippen molar-refractivity contribution in [2.24, 2.45) is 0 Å². The third-order valence-corrected chi connectivity index (χ3v) is 4.79. The summed E-state index contributed by atoms with van der Waals surface area (Å²) in [5.41, 5.74) is 0.879. The van der Waals surface area contributed by atoms with E-state index in [0.717, 1.165) is 17.1 Å². The molecule has 3 rings (SSSR count). The summed E-state index contributed by atoms with van der Waals surface area (Å²) in [5.74, 6) is -0.541. The molecule has 3 aromatic rings. The van der Waals surface area contributed by atoms with E-state index in [2.05, 4.69) is 14.9 Å². The summed E-state index contributed by atoms with van der Waals surface area (Å²) in [7, 11) is 0. The van der Waals surface area contributed by atoms with E-state index in [9.17, 15) is 9.59 Å². The molecular weight excluding hydrogens is 412 g/mol. The molecule has 0 aliphatic rings. The highest BCUT2D eigenvalue weighted by molar-refractivity contribution is 7.03. The molecule has 0 saturated heterocycles. The van der Waals surface area contributed by atoms with Crippen LogP contribution in [0.25, 0.3) is 0 Å². The van der Waals surface area contributed by atoms with Gasteiger partial charge in [-0.15, -0.1) is 5.10 Å². The lowest BCUT2D eigenvalue weighted by atomic mass is 10.0. The molecule has 0 spiro atoms. The highest BCUT2D eigenvalue weighted by Crippen LogP contribution is 2.34. The van der Waals surface area contributed by atoms with Gasteiger partial charge in [-0.1, -0.05) is 22.2 Å². The second kappa shape index (κ2) is 8.34. The maximum atomic E-state index is 13.4. The van der Waals surface area contributed by atoms with E-state index in [4.69, 9.17) is 16.0 Å². The average Bonchev–Trinajstić information content (AvgIpc) is 3.33. The minimum atomic E-state index is -1.06. The van der Waals surface area contributed by atoms with E-state index < -0.39 is 17.5 Å². The highest BCUT2D eigenvalue weighted by atomic mass is 35.5. The number of aromatic nitrogens is 2. The molecular formula is C20H21ClN4O3S. The number of hydrogen-bond acceptors (Lipinski definition) is 6. The van der Waals surface area contributed by atoms with Gasteiger partial charge in [-0.3, -0.25) is 14.5 Å². The van der Waals surface area contributed by atoms with E-state index in [1.807, 2.05) is 27.7 Å². The van der Waals surface area contributed by atoms with Gasteiger partial charge in [0.15, 0.2) is 11.7 Å². The second-order valence-electron chi connectivity index (χ2n) is 7.55. The topological polar surface area (TPSA) is 88.3 Å². The molecule has 2 amide bonds. The maximum absolute atomic E-state index is 13.4. The summed E-state index contributed by atoms with van der Waals surface area (Å²) in [5, 5.41) is 8.80. The molecule has 1 N–H and O–H groups in total. The third-order valence-electron chi connectivity index (χ3n) is 4.05. The first-order valence-electron chi connectivity index (χ1n) is 8.89. The van der Waals surface area contributed by atoms with Crippen molar-refractivity contribution in [2.75, 3.05) is 4.90 Å². The lowest BCUT2D eigenvalue weighted by Crippen LogP contribution is -2.49. The predicted octanol–water partition coefficient (Wildman–Crippen LogP) is 4.40. The van der Waals surface area contributed by atoms with Crippen molar-refractivity contribution in [2.45, 2.75) is 39.3 Å². The minimum absolute atomic E-state index is 0.134. The summed E-state index contributed by atoms with van der Waals surface area (Å²) in [6, 6.07) is 7.43. The molecule has 1 aromatic carbocycles. The van der Waals surface area contributed by atoms with Crippen molar-refractivity contribution >= 4 is 40.6 Å². The summed E-state index contributed by atoms with van der Waals surface area (Å²) in [6.45, 7) is 7.44. The van der Waals surface area contributed by atoms with Crippen molar-refractivity contribution in [3.63, 3.8) is 0 Å². The number of furan rings is 1. The lowest BCUT2D eigenvalue weighted by molar-refractivity contribution is -0.124. The number of hydrogen-bond donors (Lipinski definition) is 1. The van der Waals surface area contributed by atoms with Crippen molar-refractivity contribution in [3.05, 3.63) is 64.0 Å². The summed E-state index contributed by atoms with van der Waals surface area (Å²) < 4.78 is 9.33. The molecule has 0 aliphatic carbocycles. The smallest absolute Gasteiger partial charge is 0.280 e. The first-order valence-corrected chi connectivity index (χ1v) is 10.1. The number of carbonyl (C=O) groups is 2. The molecule has 9 heteroatoms. The Morgan fingerprint density at radius 1 is 1.28 bits per heavy atom. The number of rotatable bonds is 5. The van der Waals surface area contributed by atoms with E-state index in [1.54, 1.807) is 30.3 Å². The first-order chi connectivity index (χ1) is 13.7. The quantitative estimate of drug-likeness (QED) is 0.645. The van der Waals surface area contributed by atoms with Gasteiger partial charge >= 0.3 is 0 Å². The van der Waals surface area contributed by atoms with Gasteiger partial charge in [0.25, 0.3) is 11.8 Å². The molecule has 29 heavy (non-hydrogen) atoms. The van der Waals surface area contributed by atoms with Crippen LogP contribution in [0.5, 0.6) is 0 Å². The van der Waals surface area contributed by atoms with Crippen LogP contribution < -0.4 is 10.2 Å². The predicted molar refractivity (Wildman–Crippen MR) is 112 cm³/mol. The van der Waals surface area contributed by atoms with Gasteiger partial charge < -0.3 is 9.73 Å². The Hall–Kier alpha value is -2.71. The Morgan fingerprint density at radius 3 is 2.62 bits per heavy atom. The number of carbonyl (C=O) groups excluding carboxylic acids is 2. The SMILES string of the molecule is Cc1ccc(Cl)cc1N(C(=O)c1csnn1)C(C(=O)NC(C)(C)C)c1ccco1. The van der Waals surface area contributed by atoms with E-state index in [0.29, 0.717) is 16.5 Å². The fourth-order valence-electron chi connectivity index (χ4n) is 2.85. The van der Waals surface area contributed by atoms with Crippen molar-refractivity contribution in [1.82, 2.24) is 14.9 Å². The second-order valence-corrected chi connectivity index (χ2v) is 8.60. The molecule has 0 bridgehead atoms. The van der Waals surface area contributed by atoms with Gasteiger partial charge in [0.05, 0.1) is 6.26 Å². The fourth-order valence-corrected chi connectivity index (χ4v) is 3.44. The Labute approximate surface area is 177 Å². The van der Waals surface area contributed by atoms with Crippen LogP contribution in [-0.4, -0.2) is 26.9 Å². The molecule has 2 aromatic heterocycles. The van der Waals surface area contributed by atoms with Crippen LogP contribution >= 0.6 is 23.1 Å². The van der Waals surface area contributed by atoms with Crippen LogP contribution in [0.3, 0.4) is 0 Å². The van der Waals surface area contributed by atoms with E-state index >= 15 is 0 Å². The number of aryl methyl sites for hydroxylation is 1. The van der Waals surface area contributed by atoms with Gasteiger partial charge in [0.2, 0.25) is 0 Å². The van der Waals surface area contributed by atoms with E-state index in [-0.39, 0.29) is 11.6 Å². The molecule has 0 aliphatic heterocycles. The minimum Gasteiger partial charge on any atom is -0.467 e. The number of anilines is 1. The average molecular weight is 433 g/mol. The molecule has 7 nitrogen and oxygen atoms in total. The highest BCUT2D eigenvalue weighted by Gasteiger charge is 2.38. The Kier molecular flexibility index (Phi) is 6.04. The standard InChI is InChI=1S/C20H21ClN4O3S/c1-12-7-8-13(21)10-15(12)25(19(27)14-11-29-24-23-14)17(16-6-5-9-28-16)18(26)22-20(2,3)4/h5-11,17H,1-4H3,(H,22,26). The number of nitrogens with one attached hydrogen (secondary N) is 1. The number of amides is 2. The monoisotopic (exact) mass is 432 g/mol. The first kappa shape index (κ1) is 21.0. The largest absolute Gasteiger partial charge is 0.467 e. The zero-order valence-electron chi connectivity index (χ0n) is 16.5. The van der Waals surface area contributed by atoms with Gasteiger partial charge in [0.1, 0.15) is 5.76 Å². The van der Waals surface area contributed by atoms with Crippen molar-refractivity contribution < 1.29 is 14.0 Å². The van der Waals surface area contributed by atoms with Crippen LogP contribution in [0.4, 0.5) is 5.69 Å². The molecule has 2 heterocycles. The zero-order chi connectivity index (χ0) is 21.2. The Bertz CT molecular complexity index is 997. The lowest BCUT2D eigenvalue weighted by Gasteiger charge is -2.32. The van der Waals surface area contributed by atoms with Crippen LogP contribution in [0.1, 0.15) is 48.6 Å². The molecule has 0 radical (unpaired) electrons. The fraction of sp³-hybridized carbons (Fsp3) is 0.300. The number of halogens is 1. The van der Waals surface area contributed by atoms with E-state index in [1.165, 1.54) is 16.5 Å². The molecule has 1 atom stereocenters. The molecule has 1 unspecified atom stereocenters. The third kappa shape index (κ3) is 4.83.